The number of rotatable bonds is 1. The van der Waals surface area contributed by atoms with Crippen LogP contribution in [0.25, 0.3) is 0 Å². The predicted octanol–water partition coefficient (Wildman–Crippen LogP) is 1.15. The zero-order valence-electron chi connectivity index (χ0n) is 10.3. The first kappa shape index (κ1) is 10.4. The fourth-order valence-electron chi connectivity index (χ4n) is 5.51. The van der Waals surface area contributed by atoms with Crippen LogP contribution in [0.1, 0.15) is 32.1 Å². The van der Waals surface area contributed by atoms with Crippen molar-refractivity contribution in [2.45, 2.75) is 38.1 Å². The van der Waals surface area contributed by atoms with E-state index < -0.39 is 0 Å². The van der Waals surface area contributed by atoms with Gasteiger partial charge in [0.1, 0.15) is 0 Å². The van der Waals surface area contributed by atoms with E-state index in [4.69, 9.17) is 0 Å². The first-order valence-corrected chi connectivity index (χ1v) is 7.29. The molecule has 1 heterocycles. The molecule has 1 atom stereocenters. The lowest BCUT2D eigenvalue weighted by Gasteiger charge is -2.56. The molecule has 4 saturated carbocycles. The number of carbonyl (C=O) groups is 1. The van der Waals surface area contributed by atoms with Crippen LogP contribution in [0.4, 0.5) is 0 Å². The number of hydrogen-bond donors (Lipinski definition) is 2. The molecule has 0 aromatic rings. The summed E-state index contributed by atoms with van der Waals surface area (Å²) in [5.74, 6) is 4.87. The van der Waals surface area contributed by atoms with Crippen molar-refractivity contribution in [1.29, 1.82) is 0 Å². The van der Waals surface area contributed by atoms with E-state index in [2.05, 4.69) is 10.6 Å². The van der Waals surface area contributed by atoms with Crippen molar-refractivity contribution in [1.82, 2.24) is 10.6 Å². The van der Waals surface area contributed by atoms with Crippen molar-refractivity contribution in [2.24, 2.45) is 29.6 Å². The maximum atomic E-state index is 11.5. The van der Waals surface area contributed by atoms with Crippen LogP contribution in [-0.2, 0) is 4.79 Å². The van der Waals surface area contributed by atoms with Crippen LogP contribution in [0.3, 0.4) is 0 Å². The van der Waals surface area contributed by atoms with Crippen molar-refractivity contribution in [2.75, 3.05) is 13.1 Å². The smallest absolute Gasteiger partial charge is 0.234 e. The first-order chi connectivity index (χ1) is 8.29. The van der Waals surface area contributed by atoms with Crippen molar-refractivity contribution in [3.8, 4) is 0 Å². The van der Waals surface area contributed by atoms with E-state index in [1.807, 2.05) is 0 Å². The number of amides is 1. The second-order valence-corrected chi connectivity index (χ2v) is 6.81. The summed E-state index contributed by atoms with van der Waals surface area (Å²) in [5, 5.41) is 6.52. The Labute approximate surface area is 103 Å². The van der Waals surface area contributed by atoms with Crippen LogP contribution in [0.2, 0.25) is 0 Å². The van der Waals surface area contributed by atoms with E-state index in [0.29, 0.717) is 12.6 Å². The largest absolute Gasteiger partial charge is 0.351 e. The van der Waals surface area contributed by atoms with Gasteiger partial charge in [0.15, 0.2) is 0 Å². The number of piperazine rings is 1. The predicted molar refractivity (Wildman–Crippen MR) is 65.3 cm³/mol. The normalized spacial score (nSPS) is 52.6. The Morgan fingerprint density at radius 2 is 1.59 bits per heavy atom. The quantitative estimate of drug-likeness (QED) is 0.714. The second-order valence-electron chi connectivity index (χ2n) is 6.81. The maximum Gasteiger partial charge on any atom is 0.234 e. The van der Waals surface area contributed by atoms with Crippen molar-refractivity contribution in [3.05, 3.63) is 0 Å². The molecule has 4 bridgehead atoms. The molecule has 1 aliphatic heterocycles. The molecule has 17 heavy (non-hydrogen) atoms. The summed E-state index contributed by atoms with van der Waals surface area (Å²) in [6, 6.07) is 0.422. The molecule has 0 radical (unpaired) electrons. The summed E-state index contributed by atoms with van der Waals surface area (Å²) in [6.45, 7) is 1.52. The summed E-state index contributed by atoms with van der Waals surface area (Å²) in [4.78, 5) is 11.5. The van der Waals surface area contributed by atoms with Gasteiger partial charge in [0, 0.05) is 12.6 Å². The monoisotopic (exact) mass is 234 g/mol. The molecule has 1 amide bonds. The van der Waals surface area contributed by atoms with Crippen LogP contribution in [0.5, 0.6) is 0 Å². The van der Waals surface area contributed by atoms with Crippen molar-refractivity contribution in [3.63, 3.8) is 0 Å². The summed E-state index contributed by atoms with van der Waals surface area (Å²) in [5.41, 5.74) is 0. The lowest BCUT2D eigenvalue weighted by Crippen LogP contribution is -2.61. The minimum atomic E-state index is 0.204. The lowest BCUT2D eigenvalue weighted by molar-refractivity contribution is -0.125. The van der Waals surface area contributed by atoms with Crippen LogP contribution in [0.15, 0.2) is 0 Å². The Bertz CT molecular complexity index is 313. The summed E-state index contributed by atoms with van der Waals surface area (Å²) < 4.78 is 0. The Kier molecular flexibility index (Phi) is 2.26. The van der Waals surface area contributed by atoms with Crippen molar-refractivity contribution < 1.29 is 4.79 Å². The fraction of sp³-hybridized carbons (Fsp3) is 0.929. The molecule has 1 unspecified atom stereocenters. The lowest BCUT2D eigenvalue weighted by atomic mass is 9.50. The Morgan fingerprint density at radius 1 is 0.941 bits per heavy atom. The third-order valence-corrected chi connectivity index (χ3v) is 5.76. The van der Waals surface area contributed by atoms with E-state index in [1.165, 1.54) is 32.1 Å². The number of nitrogens with one attached hydrogen (secondary N) is 2. The van der Waals surface area contributed by atoms with Gasteiger partial charge in [-0.2, -0.15) is 0 Å². The van der Waals surface area contributed by atoms with Crippen LogP contribution < -0.4 is 10.6 Å². The summed E-state index contributed by atoms with van der Waals surface area (Å²) in [6.07, 6.45) is 7.30. The molecule has 94 valence electrons. The standard InChI is InChI=1S/C14H22N2O/c17-13-7-15-6-12(16-13)14-10-2-8-1-9(4-10)5-11(14)3-8/h8-12,14-15H,1-7H2,(H,16,17). The molecule has 0 spiro atoms. The Balaban J connectivity index is 1.55. The minimum absolute atomic E-state index is 0.204. The number of hydrogen-bond acceptors (Lipinski definition) is 2. The molecule has 0 aromatic heterocycles. The van der Waals surface area contributed by atoms with E-state index >= 15 is 0 Å². The highest BCUT2D eigenvalue weighted by Gasteiger charge is 2.50. The third kappa shape index (κ3) is 1.62. The second kappa shape index (κ2) is 3.71. The Hall–Kier alpha value is -0.570. The van der Waals surface area contributed by atoms with Gasteiger partial charge in [-0.3, -0.25) is 4.79 Å². The minimum Gasteiger partial charge on any atom is -0.351 e. The first-order valence-electron chi connectivity index (χ1n) is 7.29. The average molecular weight is 234 g/mol. The summed E-state index contributed by atoms with van der Waals surface area (Å²) in [7, 11) is 0. The molecular weight excluding hydrogens is 212 g/mol. The third-order valence-electron chi connectivity index (χ3n) is 5.76. The average Bonchev–Trinajstić information content (AvgIpc) is 2.27. The molecule has 5 rings (SSSR count). The molecule has 5 fully saturated rings. The van der Waals surface area contributed by atoms with Crippen LogP contribution in [-0.4, -0.2) is 25.0 Å². The van der Waals surface area contributed by atoms with Gasteiger partial charge in [0.05, 0.1) is 6.54 Å². The van der Waals surface area contributed by atoms with Gasteiger partial charge in [0.2, 0.25) is 5.91 Å². The summed E-state index contributed by atoms with van der Waals surface area (Å²) >= 11 is 0. The van der Waals surface area contributed by atoms with Gasteiger partial charge in [-0.15, -0.1) is 0 Å². The number of carbonyl (C=O) groups excluding carboxylic acids is 1. The van der Waals surface area contributed by atoms with E-state index in [9.17, 15) is 4.79 Å². The molecule has 3 nitrogen and oxygen atoms in total. The van der Waals surface area contributed by atoms with Gasteiger partial charge in [-0.1, -0.05) is 0 Å². The highest BCUT2D eigenvalue weighted by molar-refractivity contribution is 5.79. The van der Waals surface area contributed by atoms with Gasteiger partial charge in [-0.05, 0) is 61.7 Å². The van der Waals surface area contributed by atoms with Gasteiger partial charge in [0.25, 0.3) is 0 Å². The topological polar surface area (TPSA) is 41.1 Å². The van der Waals surface area contributed by atoms with Crippen molar-refractivity contribution >= 4 is 5.91 Å². The fourth-order valence-corrected chi connectivity index (χ4v) is 5.51. The molecule has 3 heteroatoms. The van der Waals surface area contributed by atoms with E-state index in [-0.39, 0.29) is 5.91 Å². The Morgan fingerprint density at radius 3 is 2.18 bits per heavy atom. The zero-order chi connectivity index (χ0) is 11.4. The molecule has 2 N–H and O–H groups in total. The van der Waals surface area contributed by atoms with E-state index in [0.717, 1.165) is 36.1 Å². The molecule has 5 aliphatic rings. The van der Waals surface area contributed by atoms with E-state index in [1.54, 1.807) is 0 Å². The maximum absolute atomic E-state index is 11.5. The molecule has 1 saturated heterocycles. The van der Waals surface area contributed by atoms with Gasteiger partial charge < -0.3 is 10.6 Å². The molecular formula is C14H22N2O. The van der Waals surface area contributed by atoms with Gasteiger partial charge >= 0.3 is 0 Å². The molecule has 4 aliphatic carbocycles. The zero-order valence-corrected chi connectivity index (χ0v) is 10.3. The SMILES string of the molecule is O=C1CNCC(C2C3CC4CC(C3)CC2C4)N1. The highest BCUT2D eigenvalue weighted by atomic mass is 16.2. The van der Waals surface area contributed by atoms with Crippen LogP contribution >= 0.6 is 0 Å². The van der Waals surface area contributed by atoms with Gasteiger partial charge in [-0.25, -0.2) is 0 Å². The van der Waals surface area contributed by atoms with Crippen LogP contribution in [0, 0.1) is 29.6 Å². The molecule has 0 aromatic carbocycles. The highest BCUT2D eigenvalue weighted by Crippen LogP contribution is 2.57.